The summed E-state index contributed by atoms with van der Waals surface area (Å²) >= 11 is 0. The van der Waals surface area contributed by atoms with Gasteiger partial charge in [-0.25, -0.2) is 13.2 Å². The summed E-state index contributed by atoms with van der Waals surface area (Å²) in [5.74, 6) is -2.05. The third-order valence-corrected chi connectivity index (χ3v) is 3.51. The number of hydrogen-bond donors (Lipinski definition) is 1. The fourth-order valence-corrected chi connectivity index (χ4v) is 2.35. The molecule has 2 aromatic carbocycles. The molecule has 112 valence electrons. The molecular weight excluding hydrogens is 275 g/mol. The van der Waals surface area contributed by atoms with E-state index in [4.69, 9.17) is 0 Å². The van der Waals surface area contributed by atoms with Gasteiger partial charge in [-0.05, 0) is 37.1 Å². The van der Waals surface area contributed by atoms with Crippen molar-refractivity contribution in [1.82, 2.24) is 5.32 Å². The summed E-state index contributed by atoms with van der Waals surface area (Å²) in [7, 11) is 0. The van der Waals surface area contributed by atoms with E-state index in [2.05, 4.69) is 5.32 Å². The lowest BCUT2D eigenvalue weighted by Gasteiger charge is -2.20. The third kappa shape index (κ3) is 3.45. The molecule has 0 aliphatic carbocycles. The van der Waals surface area contributed by atoms with Crippen LogP contribution in [0.3, 0.4) is 0 Å². The summed E-state index contributed by atoms with van der Waals surface area (Å²) in [4.78, 5) is 0. The largest absolute Gasteiger partial charge is 0.310 e. The SMILES string of the molecule is CCNC(Cc1ccccc1F)c1ccc(C)c(F)c1F. The normalized spacial score (nSPS) is 12.4. The Morgan fingerprint density at radius 3 is 2.38 bits per heavy atom. The van der Waals surface area contributed by atoms with Gasteiger partial charge in [-0.2, -0.15) is 0 Å². The van der Waals surface area contributed by atoms with Crippen molar-refractivity contribution in [3.63, 3.8) is 0 Å². The summed E-state index contributed by atoms with van der Waals surface area (Å²) < 4.78 is 41.6. The second-order valence-electron chi connectivity index (χ2n) is 5.01. The smallest absolute Gasteiger partial charge is 0.163 e. The van der Waals surface area contributed by atoms with Crippen molar-refractivity contribution < 1.29 is 13.2 Å². The quantitative estimate of drug-likeness (QED) is 0.866. The number of benzene rings is 2. The van der Waals surface area contributed by atoms with Crippen LogP contribution in [0.4, 0.5) is 13.2 Å². The Morgan fingerprint density at radius 2 is 1.71 bits per heavy atom. The Kier molecular flexibility index (Phi) is 5.02. The van der Waals surface area contributed by atoms with E-state index < -0.39 is 17.7 Å². The minimum absolute atomic E-state index is 0.225. The zero-order valence-electron chi connectivity index (χ0n) is 12.1. The molecule has 1 N–H and O–H groups in total. The van der Waals surface area contributed by atoms with Crippen molar-refractivity contribution in [2.75, 3.05) is 6.54 Å². The Balaban J connectivity index is 2.36. The zero-order chi connectivity index (χ0) is 15.4. The van der Waals surface area contributed by atoms with Gasteiger partial charge in [0, 0.05) is 11.6 Å². The molecule has 0 amide bonds. The molecule has 21 heavy (non-hydrogen) atoms. The molecule has 2 rings (SSSR count). The molecule has 0 radical (unpaired) electrons. The summed E-state index contributed by atoms with van der Waals surface area (Å²) in [6, 6.07) is 8.98. The highest BCUT2D eigenvalue weighted by atomic mass is 19.2. The maximum absolute atomic E-state index is 14.1. The average molecular weight is 293 g/mol. The summed E-state index contributed by atoms with van der Waals surface area (Å²) in [5, 5.41) is 3.09. The first-order chi connectivity index (χ1) is 10.0. The number of aryl methyl sites for hydroxylation is 1. The van der Waals surface area contributed by atoms with Crippen LogP contribution in [0, 0.1) is 24.4 Å². The predicted molar refractivity (Wildman–Crippen MR) is 77.6 cm³/mol. The van der Waals surface area contributed by atoms with E-state index >= 15 is 0 Å². The van der Waals surface area contributed by atoms with E-state index in [1.165, 1.54) is 13.0 Å². The van der Waals surface area contributed by atoms with Crippen LogP contribution in [-0.4, -0.2) is 6.54 Å². The first-order valence-electron chi connectivity index (χ1n) is 6.95. The van der Waals surface area contributed by atoms with Crippen LogP contribution >= 0.6 is 0 Å². The number of rotatable bonds is 5. The lowest BCUT2D eigenvalue weighted by molar-refractivity contribution is 0.457. The highest BCUT2D eigenvalue weighted by Gasteiger charge is 2.20. The standard InChI is InChI=1S/C17H18F3N/c1-3-21-15(10-12-6-4-5-7-14(12)18)13-9-8-11(2)16(19)17(13)20/h4-9,15,21H,3,10H2,1-2H3. The lowest BCUT2D eigenvalue weighted by Crippen LogP contribution is -2.24. The van der Waals surface area contributed by atoms with Crippen molar-refractivity contribution >= 4 is 0 Å². The maximum Gasteiger partial charge on any atom is 0.163 e. The molecule has 1 unspecified atom stereocenters. The molecule has 4 heteroatoms. The van der Waals surface area contributed by atoms with Gasteiger partial charge in [0.1, 0.15) is 5.82 Å². The molecule has 0 heterocycles. The van der Waals surface area contributed by atoms with Gasteiger partial charge in [-0.3, -0.25) is 0 Å². The molecule has 2 aromatic rings. The van der Waals surface area contributed by atoms with Gasteiger partial charge in [0.15, 0.2) is 11.6 Å². The summed E-state index contributed by atoms with van der Waals surface area (Å²) in [6.45, 7) is 3.96. The Hall–Kier alpha value is -1.81. The van der Waals surface area contributed by atoms with Gasteiger partial charge in [0.2, 0.25) is 0 Å². The van der Waals surface area contributed by atoms with Crippen LogP contribution in [-0.2, 0) is 6.42 Å². The van der Waals surface area contributed by atoms with Gasteiger partial charge >= 0.3 is 0 Å². The van der Waals surface area contributed by atoms with E-state index in [0.29, 0.717) is 12.1 Å². The molecule has 0 saturated carbocycles. The lowest BCUT2D eigenvalue weighted by atomic mass is 9.97. The Labute approximate surface area is 122 Å². The average Bonchev–Trinajstić information content (AvgIpc) is 2.47. The molecule has 0 aliphatic heterocycles. The Bertz CT molecular complexity index is 625. The highest BCUT2D eigenvalue weighted by Crippen LogP contribution is 2.25. The van der Waals surface area contributed by atoms with E-state index in [9.17, 15) is 13.2 Å². The van der Waals surface area contributed by atoms with Crippen molar-refractivity contribution in [2.24, 2.45) is 0 Å². The van der Waals surface area contributed by atoms with Crippen LogP contribution in [0.2, 0.25) is 0 Å². The van der Waals surface area contributed by atoms with Gasteiger partial charge in [-0.15, -0.1) is 0 Å². The fraction of sp³-hybridized carbons (Fsp3) is 0.294. The number of hydrogen-bond acceptors (Lipinski definition) is 1. The number of halogens is 3. The molecule has 0 aromatic heterocycles. The fourth-order valence-electron chi connectivity index (χ4n) is 2.35. The van der Waals surface area contributed by atoms with Crippen LogP contribution in [0.25, 0.3) is 0 Å². The summed E-state index contributed by atoms with van der Waals surface area (Å²) in [6.07, 6.45) is 0.264. The zero-order valence-corrected chi connectivity index (χ0v) is 12.1. The second-order valence-corrected chi connectivity index (χ2v) is 5.01. The molecular formula is C17H18F3N. The van der Waals surface area contributed by atoms with Crippen LogP contribution < -0.4 is 5.32 Å². The molecule has 1 nitrogen and oxygen atoms in total. The molecule has 0 spiro atoms. The minimum atomic E-state index is -0.864. The topological polar surface area (TPSA) is 12.0 Å². The molecule has 0 aliphatic rings. The van der Waals surface area contributed by atoms with Crippen LogP contribution in [0.15, 0.2) is 36.4 Å². The predicted octanol–water partition coefficient (Wildman–Crippen LogP) is 4.31. The maximum atomic E-state index is 14.1. The van der Waals surface area contributed by atoms with E-state index in [1.807, 2.05) is 6.92 Å². The first-order valence-corrected chi connectivity index (χ1v) is 6.95. The molecule has 1 atom stereocenters. The molecule has 0 fully saturated rings. The van der Waals surface area contributed by atoms with Crippen molar-refractivity contribution in [2.45, 2.75) is 26.3 Å². The first kappa shape index (κ1) is 15.6. The number of nitrogens with one attached hydrogen (secondary N) is 1. The van der Waals surface area contributed by atoms with E-state index in [0.717, 1.165) is 0 Å². The number of likely N-dealkylation sites (N-methyl/N-ethyl adjacent to an activating group) is 1. The van der Waals surface area contributed by atoms with Gasteiger partial charge < -0.3 is 5.32 Å². The third-order valence-electron chi connectivity index (χ3n) is 3.51. The van der Waals surface area contributed by atoms with Gasteiger partial charge in [-0.1, -0.05) is 37.3 Å². The van der Waals surface area contributed by atoms with Crippen LogP contribution in [0.1, 0.15) is 29.7 Å². The minimum Gasteiger partial charge on any atom is -0.310 e. The van der Waals surface area contributed by atoms with Crippen molar-refractivity contribution in [1.29, 1.82) is 0 Å². The van der Waals surface area contributed by atoms with E-state index in [-0.39, 0.29) is 23.4 Å². The molecule has 0 bridgehead atoms. The monoisotopic (exact) mass is 293 g/mol. The van der Waals surface area contributed by atoms with Crippen molar-refractivity contribution in [3.05, 3.63) is 70.5 Å². The van der Waals surface area contributed by atoms with E-state index in [1.54, 1.807) is 30.3 Å². The second kappa shape index (κ2) is 6.76. The Morgan fingerprint density at radius 1 is 1.00 bits per heavy atom. The highest BCUT2D eigenvalue weighted by molar-refractivity contribution is 5.30. The summed E-state index contributed by atoms with van der Waals surface area (Å²) in [5.41, 5.74) is 0.962. The molecule has 0 saturated heterocycles. The van der Waals surface area contributed by atoms with Crippen LogP contribution in [0.5, 0.6) is 0 Å². The van der Waals surface area contributed by atoms with Gasteiger partial charge in [0.05, 0.1) is 0 Å². The van der Waals surface area contributed by atoms with Crippen molar-refractivity contribution in [3.8, 4) is 0 Å². The van der Waals surface area contributed by atoms with Gasteiger partial charge in [0.25, 0.3) is 0 Å².